The molecule has 1 aliphatic heterocycles. The fourth-order valence-electron chi connectivity index (χ4n) is 4.86. The maximum atomic E-state index is 13.9. The smallest absolute Gasteiger partial charge is 0.226 e. The van der Waals surface area contributed by atoms with Gasteiger partial charge in [-0.3, -0.25) is 9.78 Å². The number of hydrogen-bond donors (Lipinski definition) is 2. The van der Waals surface area contributed by atoms with E-state index < -0.39 is 5.82 Å². The summed E-state index contributed by atoms with van der Waals surface area (Å²) in [6.45, 7) is 2.46. The lowest BCUT2D eigenvalue weighted by Crippen LogP contribution is -2.33. The minimum Gasteiger partial charge on any atom is -0.352 e. The topological polar surface area (TPSA) is 62.2 Å². The zero-order chi connectivity index (χ0) is 26.6. The molecule has 4 aromatic rings. The average molecular weight is 548 g/mol. The van der Waals surface area contributed by atoms with Crippen LogP contribution in [0.3, 0.4) is 0 Å². The van der Waals surface area contributed by atoms with Gasteiger partial charge in [0.2, 0.25) is 5.91 Å². The number of amides is 1. The molecule has 1 saturated heterocycles. The van der Waals surface area contributed by atoms with Gasteiger partial charge in [-0.1, -0.05) is 42.8 Å². The van der Waals surface area contributed by atoms with Crippen molar-refractivity contribution in [3.05, 3.63) is 113 Å². The normalized spacial score (nSPS) is 16.9. The van der Waals surface area contributed by atoms with E-state index in [1.807, 2.05) is 70.3 Å². The van der Waals surface area contributed by atoms with Crippen LogP contribution in [0.5, 0.6) is 0 Å². The van der Waals surface area contributed by atoms with Gasteiger partial charge in [-0.2, -0.15) is 0 Å². The van der Waals surface area contributed by atoms with Crippen molar-refractivity contribution in [3.8, 4) is 5.69 Å². The minimum absolute atomic E-state index is 0.0457. The van der Waals surface area contributed by atoms with Crippen LogP contribution in [0, 0.1) is 5.82 Å². The Hall–Kier alpha value is -3.75. The monoisotopic (exact) mass is 547 g/mol. The van der Waals surface area contributed by atoms with Crippen molar-refractivity contribution in [1.29, 1.82) is 0 Å². The quantitative estimate of drug-likeness (QED) is 0.256. The Bertz CT molecular complexity index is 1460. The molecule has 3 heterocycles. The van der Waals surface area contributed by atoms with Crippen molar-refractivity contribution in [2.45, 2.75) is 31.8 Å². The zero-order valence-electron chi connectivity index (χ0n) is 20.8. The van der Waals surface area contributed by atoms with Crippen molar-refractivity contribution in [1.82, 2.24) is 19.8 Å². The lowest BCUT2D eigenvalue weighted by atomic mass is 10.0. The molecule has 2 N–H and O–H groups in total. The Morgan fingerprint density at radius 3 is 2.71 bits per heavy atom. The first-order chi connectivity index (χ1) is 18.5. The molecular formula is C29H27ClFN5OS. The lowest BCUT2D eigenvalue weighted by molar-refractivity contribution is -0.116. The number of hydrogen-bond acceptors (Lipinski definition) is 3. The minimum atomic E-state index is -0.475. The molecule has 194 valence electrons. The summed E-state index contributed by atoms with van der Waals surface area (Å²) in [5.41, 5.74) is 4.37. The highest BCUT2D eigenvalue weighted by molar-refractivity contribution is 7.80. The summed E-state index contributed by atoms with van der Waals surface area (Å²) in [4.78, 5) is 19.6. The number of thiocarbonyl (C=S) groups is 1. The number of rotatable bonds is 8. The first-order valence-electron chi connectivity index (χ1n) is 12.4. The standard InChI is InChI=1S/C29H27ClFN5OS/c1-2-19-8-3-4-9-23(19)33-26(37)14-17-36-28(27(34-29(36)38)24-10-5-6-15-32-24)25-11-7-16-35(25)20-12-13-22(31)21(30)18-20/h3-13,15-16,18,27-28H,2,14,17H2,1H3,(H,33,37)(H,34,38)/t27-,28+/m0/s1. The Morgan fingerprint density at radius 1 is 1.13 bits per heavy atom. The molecule has 9 heteroatoms. The molecule has 38 heavy (non-hydrogen) atoms. The van der Waals surface area contributed by atoms with Gasteiger partial charge in [0.25, 0.3) is 0 Å². The second-order valence-electron chi connectivity index (χ2n) is 9.03. The molecule has 2 atom stereocenters. The average Bonchev–Trinajstić information content (AvgIpc) is 3.54. The van der Waals surface area contributed by atoms with E-state index in [0.717, 1.165) is 34.7 Å². The molecule has 2 aromatic carbocycles. The molecule has 1 aliphatic rings. The van der Waals surface area contributed by atoms with Crippen LogP contribution < -0.4 is 10.6 Å². The molecule has 0 saturated carbocycles. The summed E-state index contributed by atoms with van der Waals surface area (Å²) >= 11 is 11.9. The van der Waals surface area contributed by atoms with E-state index in [4.69, 9.17) is 23.8 Å². The van der Waals surface area contributed by atoms with Crippen LogP contribution in [0.15, 0.2) is 85.2 Å². The Morgan fingerprint density at radius 2 is 1.95 bits per heavy atom. The van der Waals surface area contributed by atoms with Crippen LogP contribution in [-0.2, 0) is 11.2 Å². The maximum Gasteiger partial charge on any atom is 0.226 e. The maximum absolute atomic E-state index is 13.9. The molecule has 0 spiro atoms. The Labute approximate surface area is 231 Å². The van der Waals surface area contributed by atoms with Crippen LogP contribution >= 0.6 is 23.8 Å². The predicted molar refractivity (Wildman–Crippen MR) is 152 cm³/mol. The summed E-state index contributed by atoms with van der Waals surface area (Å²) < 4.78 is 15.9. The van der Waals surface area contributed by atoms with Crippen LogP contribution in [0.2, 0.25) is 5.02 Å². The van der Waals surface area contributed by atoms with E-state index in [9.17, 15) is 9.18 Å². The third kappa shape index (κ3) is 5.28. The summed E-state index contributed by atoms with van der Waals surface area (Å²) in [7, 11) is 0. The van der Waals surface area contributed by atoms with Crippen molar-refractivity contribution in [3.63, 3.8) is 0 Å². The first-order valence-corrected chi connectivity index (χ1v) is 13.2. The molecule has 1 fully saturated rings. The molecule has 0 aliphatic carbocycles. The number of pyridine rings is 1. The number of nitrogens with one attached hydrogen (secondary N) is 2. The number of aromatic nitrogens is 2. The van der Waals surface area contributed by atoms with E-state index in [-0.39, 0.29) is 29.4 Å². The second-order valence-corrected chi connectivity index (χ2v) is 9.82. The number of carbonyl (C=O) groups excluding carboxylic acids is 1. The number of nitrogens with zero attached hydrogens (tertiary/aromatic N) is 3. The van der Waals surface area contributed by atoms with E-state index in [0.29, 0.717) is 11.7 Å². The molecule has 5 rings (SSSR count). The van der Waals surface area contributed by atoms with Gasteiger partial charge in [0, 0.05) is 42.4 Å². The molecule has 2 aromatic heterocycles. The first kappa shape index (κ1) is 25.9. The largest absolute Gasteiger partial charge is 0.352 e. The number of aryl methyl sites for hydroxylation is 1. The van der Waals surface area contributed by atoms with Crippen molar-refractivity contribution >= 4 is 40.5 Å². The van der Waals surface area contributed by atoms with E-state index in [1.54, 1.807) is 18.3 Å². The number of carbonyl (C=O) groups is 1. The second kappa shape index (κ2) is 11.3. The SMILES string of the molecule is CCc1ccccc1NC(=O)CCN1C(=S)N[C@@H](c2ccccn2)[C@H]1c1cccn1-c1ccc(F)c(Cl)c1. The highest BCUT2D eigenvalue weighted by atomic mass is 35.5. The number of halogens is 2. The van der Waals surface area contributed by atoms with E-state index >= 15 is 0 Å². The Balaban J connectivity index is 1.45. The van der Waals surface area contributed by atoms with Gasteiger partial charge < -0.3 is 20.1 Å². The molecule has 0 unspecified atom stereocenters. The highest BCUT2D eigenvalue weighted by Gasteiger charge is 2.41. The number of anilines is 1. The van der Waals surface area contributed by atoms with E-state index in [2.05, 4.69) is 22.5 Å². The molecule has 0 bridgehead atoms. The van der Waals surface area contributed by atoms with Crippen LogP contribution in [0.1, 0.15) is 42.4 Å². The molecular weight excluding hydrogens is 521 g/mol. The predicted octanol–water partition coefficient (Wildman–Crippen LogP) is 6.23. The molecule has 0 radical (unpaired) electrons. The lowest BCUT2D eigenvalue weighted by Gasteiger charge is -2.29. The van der Waals surface area contributed by atoms with Crippen LogP contribution in [0.25, 0.3) is 5.69 Å². The van der Waals surface area contributed by atoms with Crippen molar-refractivity contribution in [2.24, 2.45) is 0 Å². The summed E-state index contributed by atoms with van der Waals surface area (Å²) in [5.74, 6) is -0.564. The third-order valence-electron chi connectivity index (χ3n) is 6.71. The summed E-state index contributed by atoms with van der Waals surface area (Å²) in [5, 5.41) is 7.04. The van der Waals surface area contributed by atoms with Crippen LogP contribution in [-0.4, -0.2) is 32.0 Å². The fraction of sp³-hybridized carbons (Fsp3) is 0.207. The van der Waals surface area contributed by atoms with Gasteiger partial charge in [0.05, 0.1) is 22.8 Å². The van der Waals surface area contributed by atoms with Crippen molar-refractivity contribution < 1.29 is 9.18 Å². The molecule has 6 nitrogen and oxygen atoms in total. The zero-order valence-corrected chi connectivity index (χ0v) is 22.3. The third-order valence-corrected chi connectivity index (χ3v) is 7.36. The van der Waals surface area contributed by atoms with Crippen molar-refractivity contribution in [2.75, 3.05) is 11.9 Å². The number of benzene rings is 2. The fourth-order valence-corrected chi connectivity index (χ4v) is 5.36. The summed E-state index contributed by atoms with van der Waals surface area (Å²) in [6, 6.07) is 21.6. The van der Waals surface area contributed by atoms with Gasteiger partial charge in [-0.15, -0.1) is 0 Å². The number of para-hydroxylation sites is 1. The van der Waals surface area contributed by atoms with Crippen LogP contribution in [0.4, 0.5) is 10.1 Å². The summed E-state index contributed by atoms with van der Waals surface area (Å²) in [6.07, 6.45) is 4.72. The van der Waals surface area contributed by atoms with Gasteiger partial charge in [0.1, 0.15) is 5.82 Å². The van der Waals surface area contributed by atoms with Gasteiger partial charge in [0.15, 0.2) is 5.11 Å². The van der Waals surface area contributed by atoms with Gasteiger partial charge in [-0.25, -0.2) is 4.39 Å². The van der Waals surface area contributed by atoms with Gasteiger partial charge >= 0.3 is 0 Å². The Kier molecular flexibility index (Phi) is 7.72. The van der Waals surface area contributed by atoms with E-state index in [1.165, 1.54) is 6.07 Å². The van der Waals surface area contributed by atoms with Gasteiger partial charge in [-0.05, 0) is 72.7 Å². The molecule has 1 amide bonds. The highest BCUT2D eigenvalue weighted by Crippen LogP contribution is 2.39.